The molecule has 4 heteroatoms. The first-order valence-electron chi connectivity index (χ1n) is 7.01. The van der Waals surface area contributed by atoms with E-state index in [-0.39, 0.29) is 0 Å². The van der Waals surface area contributed by atoms with Gasteiger partial charge >= 0.3 is 0 Å². The molecule has 0 bridgehead atoms. The Kier molecular flexibility index (Phi) is 6.36. The zero-order valence-electron chi connectivity index (χ0n) is 13.6. The van der Waals surface area contributed by atoms with Crippen molar-refractivity contribution in [1.29, 1.82) is 0 Å². The lowest BCUT2D eigenvalue weighted by Gasteiger charge is -2.22. The van der Waals surface area contributed by atoms with Gasteiger partial charge in [-0.15, -0.1) is 0 Å². The smallest absolute Gasteiger partial charge is 0.195 e. The van der Waals surface area contributed by atoms with Crippen molar-refractivity contribution < 1.29 is 4.74 Å². The molecule has 0 radical (unpaired) electrons. The summed E-state index contributed by atoms with van der Waals surface area (Å²) in [7, 11) is 8.00. The summed E-state index contributed by atoms with van der Waals surface area (Å²) < 4.78 is 5.74. The molecule has 0 spiro atoms. The molecule has 0 heterocycles. The fourth-order valence-corrected chi connectivity index (χ4v) is 1.84. The maximum Gasteiger partial charge on any atom is 0.195 e. The summed E-state index contributed by atoms with van der Waals surface area (Å²) in [5.41, 5.74) is 1.16. The van der Waals surface area contributed by atoms with Gasteiger partial charge in [-0.3, -0.25) is 0 Å². The van der Waals surface area contributed by atoms with Crippen LogP contribution in [0.1, 0.15) is 19.4 Å². The molecule has 1 aromatic carbocycles. The van der Waals surface area contributed by atoms with Crippen LogP contribution in [-0.4, -0.2) is 50.6 Å². The Hall–Kier alpha value is -1.71. The second kappa shape index (κ2) is 7.78. The second-order valence-electron chi connectivity index (χ2n) is 5.76. The van der Waals surface area contributed by atoms with E-state index in [9.17, 15) is 0 Å². The minimum absolute atomic E-state index is 0.533. The van der Waals surface area contributed by atoms with Crippen LogP contribution in [0.25, 0.3) is 0 Å². The van der Waals surface area contributed by atoms with E-state index in [2.05, 4.69) is 31.0 Å². The summed E-state index contributed by atoms with van der Waals surface area (Å²) >= 11 is 0. The highest BCUT2D eigenvalue weighted by Crippen LogP contribution is 2.15. The van der Waals surface area contributed by atoms with E-state index < -0.39 is 0 Å². The monoisotopic (exact) mass is 277 g/mol. The fraction of sp³-hybridized carbons (Fsp3) is 0.562. The van der Waals surface area contributed by atoms with Gasteiger partial charge in [-0.25, -0.2) is 4.99 Å². The first kappa shape index (κ1) is 16.3. The van der Waals surface area contributed by atoms with Gasteiger partial charge in [0, 0.05) is 28.2 Å². The van der Waals surface area contributed by atoms with Gasteiger partial charge in [0.2, 0.25) is 0 Å². The minimum Gasteiger partial charge on any atom is -0.493 e. The quantitative estimate of drug-likeness (QED) is 0.612. The number of aliphatic imine (C=N–C) groups is 1. The minimum atomic E-state index is 0.533. The van der Waals surface area contributed by atoms with Gasteiger partial charge in [0.25, 0.3) is 0 Å². The lowest BCUT2D eigenvalue weighted by Crippen LogP contribution is -2.35. The van der Waals surface area contributed by atoms with Crippen molar-refractivity contribution in [3.05, 3.63) is 29.8 Å². The van der Waals surface area contributed by atoms with Gasteiger partial charge in [-0.05, 0) is 23.6 Å². The van der Waals surface area contributed by atoms with Crippen LogP contribution < -0.4 is 4.74 Å². The maximum atomic E-state index is 5.74. The zero-order valence-corrected chi connectivity index (χ0v) is 13.6. The summed E-state index contributed by atoms with van der Waals surface area (Å²) in [6.07, 6.45) is 0. The first-order valence-corrected chi connectivity index (χ1v) is 7.01. The summed E-state index contributed by atoms with van der Waals surface area (Å²) in [5.74, 6) is 2.41. The molecule has 112 valence electrons. The molecule has 0 unspecified atom stereocenters. The molecule has 1 rings (SSSR count). The maximum absolute atomic E-state index is 5.74. The normalized spacial score (nSPS) is 10.3. The Labute approximate surface area is 123 Å². The molecule has 0 N–H and O–H groups in total. The predicted molar refractivity (Wildman–Crippen MR) is 85.3 cm³/mol. The van der Waals surface area contributed by atoms with Gasteiger partial charge < -0.3 is 14.5 Å². The van der Waals surface area contributed by atoms with E-state index >= 15 is 0 Å². The third kappa shape index (κ3) is 5.51. The Bertz CT molecular complexity index is 429. The molecule has 0 atom stereocenters. The Morgan fingerprint density at radius 2 is 1.80 bits per heavy atom. The van der Waals surface area contributed by atoms with E-state index in [1.54, 1.807) is 0 Å². The van der Waals surface area contributed by atoms with Crippen LogP contribution in [0.3, 0.4) is 0 Å². The number of nitrogens with zero attached hydrogens (tertiary/aromatic N) is 3. The molecule has 0 fully saturated rings. The number of hydrogen-bond acceptors (Lipinski definition) is 2. The van der Waals surface area contributed by atoms with Gasteiger partial charge in [0.15, 0.2) is 5.96 Å². The van der Waals surface area contributed by atoms with Gasteiger partial charge in [-0.1, -0.05) is 26.0 Å². The number of ether oxygens (including phenoxy) is 1. The molecule has 0 amide bonds. The third-order valence-corrected chi connectivity index (χ3v) is 2.68. The topological polar surface area (TPSA) is 28.1 Å². The van der Waals surface area contributed by atoms with Crippen molar-refractivity contribution in [2.75, 3.05) is 34.8 Å². The Morgan fingerprint density at radius 3 is 2.35 bits per heavy atom. The van der Waals surface area contributed by atoms with E-state index in [1.807, 2.05) is 50.1 Å². The van der Waals surface area contributed by atoms with Crippen molar-refractivity contribution in [3.63, 3.8) is 0 Å². The molecule has 0 aliphatic carbocycles. The molecule has 20 heavy (non-hydrogen) atoms. The van der Waals surface area contributed by atoms with Crippen LogP contribution in [0.2, 0.25) is 0 Å². The van der Waals surface area contributed by atoms with Gasteiger partial charge in [0.1, 0.15) is 5.75 Å². The summed E-state index contributed by atoms with van der Waals surface area (Å²) in [4.78, 5) is 8.67. The molecule has 1 aromatic rings. The molecular formula is C16H27N3O. The highest BCUT2D eigenvalue weighted by atomic mass is 16.5. The summed E-state index contributed by atoms with van der Waals surface area (Å²) in [5, 5.41) is 0. The highest BCUT2D eigenvalue weighted by molar-refractivity contribution is 5.79. The standard InChI is InChI=1S/C16H27N3O/c1-13(2)12-20-15-9-7-8-14(10-15)11-17-16(18(3)4)19(5)6/h7-10,13H,11-12H2,1-6H3. The molecule has 4 nitrogen and oxygen atoms in total. The number of benzene rings is 1. The average molecular weight is 277 g/mol. The fourth-order valence-electron chi connectivity index (χ4n) is 1.84. The predicted octanol–water partition coefficient (Wildman–Crippen LogP) is 2.70. The molecule has 0 saturated carbocycles. The average Bonchev–Trinajstić information content (AvgIpc) is 2.36. The number of guanidine groups is 1. The Morgan fingerprint density at radius 1 is 1.15 bits per heavy atom. The van der Waals surface area contributed by atoms with E-state index in [0.29, 0.717) is 12.5 Å². The first-order chi connectivity index (χ1) is 9.40. The van der Waals surface area contributed by atoms with E-state index in [4.69, 9.17) is 4.74 Å². The van der Waals surface area contributed by atoms with Crippen LogP contribution in [0.5, 0.6) is 5.75 Å². The van der Waals surface area contributed by atoms with E-state index in [1.165, 1.54) is 0 Å². The van der Waals surface area contributed by atoms with Crippen LogP contribution in [0.15, 0.2) is 29.3 Å². The van der Waals surface area contributed by atoms with Crippen LogP contribution in [0.4, 0.5) is 0 Å². The SMILES string of the molecule is CC(C)COc1cccc(CN=C(N(C)C)N(C)C)c1. The van der Waals surface area contributed by atoms with E-state index in [0.717, 1.165) is 23.9 Å². The van der Waals surface area contributed by atoms with Crippen molar-refractivity contribution in [2.24, 2.45) is 10.9 Å². The summed E-state index contributed by atoms with van der Waals surface area (Å²) in [6.45, 7) is 5.70. The van der Waals surface area contributed by atoms with Crippen LogP contribution >= 0.6 is 0 Å². The highest BCUT2D eigenvalue weighted by Gasteiger charge is 2.04. The Balaban J connectivity index is 2.72. The third-order valence-electron chi connectivity index (χ3n) is 2.68. The van der Waals surface area contributed by atoms with Gasteiger partial charge in [-0.2, -0.15) is 0 Å². The zero-order chi connectivity index (χ0) is 15.1. The molecule has 0 aliphatic heterocycles. The molecular weight excluding hydrogens is 250 g/mol. The molecule has 0 saturated heterocycles. The number of hydrogen-bond donors (Lipinski definition) is 0. The lowest BCUT2D eigenvalue weighted by atomic mass is 10.2. The van der Waals surface area contributed by atoms with Crippen molar-refractivity contribution in [2.45, 2.75) is 20.4 Å². The van der Waals surface area contributed by atoms with Gasteiger partial charge in [0.05, 0.1) is 13.2 Å². The van der Waals surface area contributed by atoms with Crippen molar-refractivity contribution in [3.8, 4) is 5.75 Å². The summed E-state index contributed by atoms with van der Waals surface area (Å²) in [6, 6.07) is 8.16. The van der Waals surface area contributed by atoms with Crippen molar-refractivity contribution in [1.82, 2.24) is 9.80 Å². The van der Waals surface area contributed by atoms with Crippen molar-refractivity contribution >= 4 is 5.96 Å². The second-order valence-corrected chi connectivity index (χ2v) is 5.76. The lowest BCUT2D eigenvalue weighted by molar-refractivity contribution is 0.271. The molecule has 0 aliphatic rings. The molecule has 0 aromatic heterocycles. The van der Waals surface area contributed by atoms with Crippen LogP contribution in [0, 0.1) is 5.92 Å². The number of rotatable bonds is 5. The largest absolute Gasteiger partial charge is 0.493 e. The van der Waals surface area contributed by atoms with Crippen LogP contribution in [-0.2, 0) is 6.54 Å².